The van der Waals surface area contributed by atoms with Crippen LogP contribution in [0, 0.1) is 27.3 Å². The average molecular weight is 1050 g/mol. The normalized spacial score (nSPS) is 21.5. The van der Waals surface area contributed by atoms with Crippen LogP contribution in [-0.2, 0) is 16.6 Å². The highest BCUT2D eigenvalue weighted by Crippen LogP contribution is 2.53. The number of halogens is 1. The van der Waals surface area contributed by atoms with Gasteiger partial charge < -0.3 is 29.8 Å². The molecule has 1 amide bonds. The highest BCUT2D eigenvalue weighted by molar-refractivity contribution is 7.90. The summed E-state index contributed by atoms with van der Waals surface area (Å²) in [6, 6.07) is 20.9. The third kappa shape index (κ3) is 11.3. The number of nitrogens with zero attached hydrogens (tertiary/aromatic N) is 7. The Kier molecular flexibility index (Phi) is 14.6. The molecule has 6 aromatic rings. The third-order valence-electron chi connectivity index (χ3n) is 16.1. The van der Waals surface area contributed by atoms with E-state index in [-0.39, 0.29) is 45.6 Å². The van der Waals surface area contributed by atoms with Crippen LogP contribution in [0.2, 0.25) is 0 Å². The second-order valence-electron chi connectivity index (χ2n) is 21.6. The zero-order valence-corrected chi connectivity index (χ0v) is 43.6. The number of H-pyrrole nitrogens is 1. The molecule has 10 rings (SSSR count). The monoisotopic (exact) mass is 1040 g/mol. The van der Waals surface area contributed by atoms with Gasteiger partial charge in [-0.2, -0.15) is 0 Å². The number of sulfonamides is 1. The quantitative estimate of drug-likeness (QED) is 0.0524. The number of aromatic nitrogens is 4. The molecule has 4 fully saturated rings. The van der Waals surface area contributed by atoms with Crippen LogP contribution in [0.1, 0.15) is 111 Å². The first-order valence-corrected chi connectivity index (χ1v) is 27.4. The molecule has 1 spiro atoms. The SMILES string of the molecule is COc1cc(CN2CCN(C3CC4(CCN(c5ccc(C(=O)NS(=O)(=O)c6cnc(NCC7CCC(C)(O)CC7)c([N+](=O)[O-])c6)c(Oc6cnc7[nH]cc(F)c7c6)c5)CC4)C3)[C@H](c3ccccc3C(C)C)C2)ccn1. The summed E-state index contributed by atoms with van der Waals surface area (Å²) in [6.07, 6.45) is 12.1. The molecule has 396 valence electrons. The van der Waals surface area contributed by atoms with Crippen molar-refractivity contribution >= 4 is 44.2 Å². The molecule has 2 saturated carbocycles. The number of amides is 1. The zero-order valence-electron chi connectivity index (χ0n) is 42.8. The number of carbonyl (C=O) groups is 1. The fraction of sp³-hybridized carbons (Fsp3) is 0.455. The molecule has 4 aliphatic rings. The van der Waals surface area contributed by atoms with Crippen LogP contribution in [-0.4, -0.2) is 112 Å². The minimum atomic E-state index is -4.71. The molecule has 1 atom stereocenters. The molecule has 2 aliphatic carbocycles. The van der Waals surface area contributed by atoms with E-state index in [2.05, 4.69) is 88.9 Å². The van der Waals surface area contributed by atoms with Gasteiger partial charge in [0.25, 0.3) is 15.9 Å². The number of piperidine rings is 1. The molecular weight excluding hydrogens is 980 g/mol. The lowest BCUT2D eigenvalue weighted by Gasteiger charge is -2.58. The number of methoxy groups -OCH3 is 1. The number of hydrogen-bond acceptors (Lipinski definition) is 15. The molecule has 0 radical (unpaired) electrons. The first-order valence-electron chi connectivity index (χ1n) is 25.9. The predicted octanol–water partition coefficient (Wildman–Crippen LogP) is 9.10. The maximum atomic E-state index is 14.7. The van der Waals surface area contributed by atoms with Crippen molar-refractivity contribution < 1.29 is 37.1 Å². The summed E-state index contributed by atoms with van der Waals surface area (Å²) in [4.78, 5) is 48.0. The molecule has 2 aliphatic heterocycles. The molecular formula is C55H65FN10O8S. The fourth-order valence-electron chi connectivity index (χ4n) is 11.7. The van der Waals surface area contributed by atoms with Crippen molar-refractivity contribution in [2.75, 3.05) is 56.6 Å². The number of benzene rings is 2. The number of anilines is 2. The van der Waals surface area contributed by atoms with Crippen molar-refractivity contribution in [1.82, 2.24) is 34.5 Å². The van der Waals surface area contributed by atoms with Crippen molar-refractivity contribution in [1.29, 1.82) is 0 Å². The number of aromatic amines is 1. The summed E-state index contributed by atoms with van der Waals surface area (Å²) >= 11 is 0. The Morgan fingerprint density at radius 2 is 1.76 bits per heavy atom. The van der Waals surface area contributed by atoms with E-state index in [4.69, 9.17) is 9.47 Å². The van der Waals surface area contributed by atoms with Crippen LogP contribution >= 0.6 is 0 Å². The van der Waals surface area contributed by atoms with Gasteiger partial charge in [-0.25, -0.2) is 32.5 Å². The Morgan fingerprint density at radius 3 is 2.51 bits per heavy atom. The summed E-state index contributed by atoms with van der Waals surface area (Å²) in [7, 11) is -3.06. The minimum Gasteiger partial charge on any atom is -0.481 e. The van der Waals surface area contributed by atoms with E-state index < -0.39 is 42.9 Å². The number of aliphatic hydroxyl groups is 1. The average Bonchev–Trinajstić information content (AvgIpc) is 3.76. The number of nitro groups is 1. The van der Waals surface area contributed by atoms with Gasteiger partial charge in [0.2, 0.25) is 11.7 Å². The summed E-state index contributed by atoms with van der Waals surface area (Å²) in [5.41, 5.74) is 3.73. The Bertz CT molecular complexity index is 3180. The van der Waals surface area contributed by atoms with Crippen molar-refractivity contribution in [2.24, 2.45) is 11.3 Å². The molecule has 0 unspecified atom stereocenters. The van der Waals surface area contributed by atoms with E-state index in [1.807, 2.05) is 12.3 Å². The minimum absolute atomic E-state index is 0.00380. The molecule has 20 heteroatoms. The van der Waals surface area contributed by atoms with E-state index in [9.17, 15) is 32.8 Å². The maximum absolute atomic E-state index is 14.7. The van der Waals surface area contributed by atoms with E-state index >= 15 is 0 Å². The van der Waals surface area contributed by atoms with Gasteiger partial charge in [-0.15, -0.1) is 0 Å². The Balaban J connectivity index is 0.839. The number of piperazine rings is 1. The lowest BCUT2D eigenvalue weighted by atomic mass is 9.59. The highest BCUT2D eigenvalue weighted by atomic mass is 32.2. The number of pyridine rings is 3. The van der Waals surface area contributed by atoms with Gasteiger partial charge in [0.1, 0.15) is 27.9 Å². The van der Waals surface area contributed by atoms with Crippen LogP contribution in [0.4, 0.5) is 21.6 Å². The van der Waals surface area contributed by atoms with Crippen LogP contribution in [0.3, 0.4) is 0 Å². The molecule has 18 nitrogen and oxygen atoms in total. The van der Waals surface area contributed by atoms with E-state index in [1.165, 1.54) is 41.2 Å². The summed E-state index contributed by atoms with van der Waals surface area (Å²) in [5.74, 6) is -0.446. The van der Waals surface area contributed by atoms with Crippen molar-refractivity contribution in [2.45, 2.75) is 107 Å². The molecule has 2 aromatic carbocycles. The fourth-order valence-corrected chi connectivity index (χ4v) is 12.7. The van der Waals surface area contributed by atoms with Crippen LogP contribution in [0.25, 0.3) is 11.0 Å². The van der Waals surface area contributed by atoms with E-state index in [1.54, 1.807) is 26.2 Å². The Hall–Kier alpha value is -6.74. The van der Waals surface area contributed by atoms with E-state index in [0.29, 0.717) is 55.7 Å². The molecule has 4 aromatic heterocycles. The van der Waals surface area contributed by atoms with Gasteiger partial charge in [0.15, 0.2) is 0 Å². The molecule has 2 saturated heterocycles. The van der Waals surface area contributed by atoms with Crippen LogP contribution in [0.5, 0.6) is 17.4 Å². The number of fused-ring (bicyclic) bond motifs is 1. The Morgan fingerprint density at radius 1 is 0.987 bits per heavy atom. The summed E-state index contributed by atoms with van der Waals surface area (Å²) < 4.78 is 56.1. The smallest absolute Gasteiger partial charge is 0.312 e. The molecule has 4 N–H and O–H groups in total. The first-order chi connectivity index (χ1) is 35.9. The third-order valence-corrected chi connectivity index (χ3v) is 17.4. The molecule has 0 bridgehead atoms. The van der Waals surface area contributed by atoms with Crippen molar-refractivity contribution in [3.8, 4) is 17.4 Å². The van der Waals surface area contributed by atoms with Gasteiger partial charge in [-0.1, -0.05) is 38.1 Å². The number of rotatable bonds is 16. The van der Waals surface area contributed by atoms with Gasteiger partial charge in [0, 0.05) is 94.2 Å². The first kappa shape index (κ1) is 51.7. The number of ether oxygens (including phenoxy) is 2. The number of carbonyl (C=O) groups excluding carboxylic acids is 1. The lowest BCUT2D eigenvalue weighted by Crippen LogP contribution is -2.60. The summed E-state index contributed by atoms with van der Waals surface area (Å²) in [5, 5.41) is 25.7. The summed E-state index contributed by atoms with van der Waals surface area (Å²) in [6.45, 7) is 11.8. The molecule has 75 heavy (non-hydrogen) atoms. The zero-order chi connectivity index (χ0) is 52.6. The predicted molar refractivity (Wildman–Crippen MR) is 282 cm³/mol. The highest BCUT2D eigenvalue weighted by Gasteiger charge is 2.50. The van der Waals surface area contributed by atoms with Crippen molar-refractivity contribution in [3.63, 3.8) is 0 Å². The number of hydrogen-bond donors (Lipinski definition) is 4. The van der Waals surface area contributed by atoms with Gasteiger partial charge in [-0.05, 0) is 116 Å². The van der Waals surface area contributed by atoms with Gasteiger partial charge in [0.05, 0.1) is 41.0 Å². The lowest BCUT2D eigenvalue weighted by molar-refractivity contribution is -0.384. The maximum Gasteiger partial charge on any atom is 0.312 e. The second-order valence-corrected chi connectivity index (χ2v) is 23.2. The van der Waals surface area contributed by atoms with Gasteiger partial charge >= 0.3 is 5.69 Å². The van der Waals surface area contributed by atoms with E-state index in [0.717, 1.165) is 82.9 Å². The Labute approximate surface area is 436 Å². The number of nitrogens with one attached hydrogen (secondary N) is 3. The largest absolute Gasteiger partial charge is 0.481 e. The standard InChI is InChI=1S/C55H65FN10O8S/c1-35(2)42-7-5-6-8-43(42)48-34-63(33-37-13-18-57-50(23-37)73-4)21-22-65(48)39-27-55(28-39)16-19-64(20-17-55)38-9-10-44(49(24-38)74-40-25-45-46(56)32-61-51(45)59-30-40)53(67)62-75(71,72)41-26-47(66(69)70)52(60-31-41)58-29-36-11-14-54(3,68)15-12-36/h5-10,13,18,23-26,30-32,35-36,39,48,68H,11-12,14-17,19-22,27-29,33-34H2,1-4H3,(H,58,60)(H,59,61)(H,62,67)/t36?,48-,54?/m0/s1. The second kappa shape index (κ2) is 21.1. The molecule has 6 heterocycles. The topological polar surface area (TPSA) is 221 Å². The van der Waals surface area contributed by atoms with Crippen LogP contribution < -0.4 is 24.4 Å². The van der Waals surface area contributed by atoms with Crippen LogP contribution in [0.15, 0.2) is 96.4 Å². The van der Waals surface area contributed by atoms with Gasteiger partial charge in [-0.3, -0.25) is 24.7 Å². The van der Waals surface area contributed by atoms with Crippen molar-refractivity contribution in [3.05, 3.63) is 130 Å².